The van der Waals surface area contributed by atoms with E-state index in [1.54, 1.807) is 42.5 Å². The lowest BCUT2D eigenvalue weighted by atomic mass is 9.76. The minimum Gasteiger partial charge on any atom is -0.422 e. The van der Waals surface area contributed by atoms with E-state index in [1.165, 1.54) is 0 Å². The number of esters is 2. The largest absolute Gasteiger partial charge is 0.422 e. The van der Waals surface area contributed by atoms with Gasteiger partial charge in [-0.1, -0.05) is 24.3 Å². The van der Waals surface area contributed by atoms with Gasteiger partial charge in [-0.05, 0) is 18.2 Å². The fourth-order valence-electron chi connectivity index (χ4n) is 4.05. The van der Waals surface area contributed by atoms with E-state index in [4.69, 9.17) is 14.2 Å². The second kappa shape index (κ2) is 6.02. The van der Waals surface area contributed by atoms with Crippen molar-refractivity contribution in [1.29, 1.82) is 0 Å². The summed E-state index contributed by atoms with van der Waals surface area (Å²) in [6.45, 7) is 2.32. The van der Waals surface area contributed by atoms with Gasteiger partial charge in [0, 0.05) is 13.8 Å². The summed E-state index contributed by atoms with van der Waals surface area (Å²) in [7, 11) is 0. The van der Waals surface area contributed by atoms with Gasteiger partial charge >= 0.3 is 11.9 Å². The molecule has 27 heavy (non-hydrogen) atoms. The first kappa shape index (κ1) is 17.4. The van der Waals surface area contributed by atoms with E-state index in [1.807, 2.05) is 0 Å². The monoisotopic (exact) mass is 371 g/mol. The quantitative estimate of drug-likeness (QED) is 0.336. The predicted octanol–water partition coefficient (Wildman–Crippen LogP) is 0.952. The standard InChI is InChI=1S/C19H17NO7/c1-10(21)25-18(26-11(2)22)19-9-8-13(27-19)14-15(19)17(24)20(16(14)23)12-6-4-3-5-7-12/h3-9,13-15,18H,1-2H3/t13-,14-,15+,19+/m0/s1. The van der Waals surface area contributed by atoms with Crippen molar-refractivity contribution < 1.29 is 33.4 Å². The van der Waals surface area contributed by atoms with Crippen molar-refractivity contribution >= 4 is 29.4 Å². The zero-order chi connectivity index (χ0) is 19.3. The lowest BCUT2D eigenvalue weighted by molar-refractivity contribution is -0.226. The van der Waals surface area contributed by atoms with Crippen molar-refractivity contribution in [1.82, 2.24) is 0 Å². The lowest BCUT2D eigenvalue weighted by Gasteiger charge is -2.34. The van der Waals surface area contributed by atoms with Crippen LogP contribution in [0.1, 0.15) is 13.8 Å². The van der Waals surface area contributed by atoms with Crippen LogP contribution in [-0.4, -0.2) is 41.7 Å². The van der Waals surface area contributed by atoms with E-state index in [0.717, 1.165) is 18.7 Å². The first-order valence-corrected chi connectivity index (χ1v) is 8.49. The molecule has 2 bridgehead atoms. The molecule has 2 amide bonds. The smallest absolute Gasteiger partial charge is 0.305 e. The van der Waals surface area contributed by atoms with Crippen LogP contribution in [0.2, 0.25) is 0 Å². The molecule has 4 atom stereocenters. The maximum Gasteiger partial charge on any atom is 0.305 e. The van der Waals surface area contributed by atoms with Gasteiger partial charge in [-0.2, -0.15) is 0 Å². The second-order valence-corrected chi connectivity index (χ2v) is 6.70. The van der Waals surface area contributed by atoms with Crippen LogP contribution < -0.4 is 4.90 Å². The van der Waals surface area contributed by atoms with Crippen LogP contribution in [-0.2, 0) is 33.4 Å². The van der Waals surface area contributed by atoms with E-state index < -0.39 is 53.6 Å². The van der Waals surface area contributed by atoms with Gasteiger partial charge in [0.1, 0.15) is 0 Å². The molecular weight excluding hydrogens is 354 g/mol. The molecule has 2 saturated heterocycles. The predicted molar refractivity (Wildman–Crippen MR) is 90.0 cm³/mol. The molecule has 2 fully saturated rings. The number of carbonyl (C=O) groups is 4. The summed E-state index contributed by atoms with van der Waals surface area (Å²) in [4.78, 5) is 50.3. The average molecular weight is 371 g/mol. The molecule has 4 rings (SSSR count). The number of carbonyl (C=O) groups excluding carboxylic acids is 4. The molecular formula is C19H17NO7. The number of hydrogen-bond donors (Lipinski definition) is 0. The fraction of sp³-hybridized carbons (Fsp3) is 0.368. The molecule has 3 aliphatic rings. The van der Waals surface area contributed by atoms with Crippen LogP contribution in [0.25, 0.3) is 0 Å². The van der Waals surface area contributed by atoms with Crippen LogP contribution in [0.5, 0.6) is 0 Å². The summed E-state index contributed by atoms with van der Waals surface area (Å²) in [5.74, 6) is -3.99. The number of hydrogen-bond acceptors (Lipinski definition) is 7. The Labute approximate surface area is 154 Å². The molecule has 1 aromatic carbocycles. The molecule has 0 radical (unpaired) electrons. The number of ether oxygens (including phenoxy) is 3. The summed E-state index contributed by atoms with van der Waals surface area (Å²) in [5, 5.41) is 0. The Morgan fingerprint density at radius 3 is 2.30 bits per heavy atom. The first-order valence-electron chi connectivity index (χ1n) is 8.49. The van der Waals surface area contributed by atoms with E-state index in [2.05, 4.69) is 0 Å². The van der Waals surface area contributed by atoms with Crippen LogP contribution in [0, 0.1) is 11.8 Å². The van der Waals surface area contributed by atoms with Crippen molar-refractivity contribution in [2.45, 2.75) is 31.8 Å². The molecule has 0 aromatic heterocycles. The van der Waals surface area contributed by atoms with Crippen molar-refractivity contribution in [3.8, 4) is 0 Å². The summed E-state index contributed by atoms with van der Waals surface area (Å²) in [5.41, 5.74) is -1.07. The average Bonchev–Trinajstić information content (AvgIpc) is 3.26. The van der Waals surface area contributed by atoms with Gasteiger partial charge < -0.3 is 14.2 Å². The number of benzene rings is 1. The SMILES string of the molecule is CC(=O)OC(OC(C)=O)[C@]12C=C[C@H](O1)[C@@H]1C(=O)N(c3ccccc3)C(=O)[C@@H]12. The van der Waals surface area contributed by atoms with Gasteiger partial charge in [0.2, 0.25) is 11.8 Å². The highest BCUT2D eigenvalue weighted by Gasteiger charge is 2.72. The highest BCUT2D eigenvalue weighted by Crippen LogP contribution is 2.54. The van der Waals surface area contributed by atoms with E-state index in [0.29, 0.717) is 5.69 Å². The normalized spacial score (nSPS) is 30.8. The highest BCUT2D eigenvalue weighted by atomic mass is 16.7. The topological polar surface area (TPSA) is 99.2 Å². The lowest BCUT2D eigenvalue weighted by Crippen LogP contribution is -2.52. The Bertz CT molecular complexity index is 848. The molecule has 3 aliphatic heterocycles. The van der Waals surface area contributed by atoms with E-state index >= 15 is 0 Å². The van der Waals surface area contributed by atoms with Gasteiger partial charge in [0.25, 0.3) is 6.29 Å². The molecule has 0 spiro atoms. The Balaban J connectivity index is 1.75. The summed E-state index contributed by atoms with van der Waals surface area (Å²) in [6.07, 6.45) is 1.07. The Kier molecular flexibility index (Phi) is 3.88. The van der Waals surface area contributed by atoms with Crippen LogP contribution in [0.15, 0.2) is 42.5 Å². The number of rotatable bonds is 4. The van der Waals surface area contributed by atoms with Crippen LogP contribution in [0.3, 0.4) is 0 Å². The maximum absolute atomic E-state index is 13.2. The Hall–Kier alpha value is -3.00. The van der Waals surface area contributed by atoms with Crippen molar-refractivity contribution in [2.24, 2.45) is 11.8 Å². The zero-order valence-electron chi connectivity index (χ0n) is 14.7. The highest BCUT2D eigenvalue weighted by molar-refractivity contribution is 6.23. The van der Waals surface area contributed by atoms with Gasteiger partial charge in [-0.15, -0.1) is 0 Å². The number of nitrogens with zero attached hydrogens (tertiary/aromatic N) is 1. The summed E-state index contributed by atoms with van der Waals surface area (Å²) in [6, 6.07) is 8.56. The fourth-order valence-corrected chi connectivity index (χ4v) is 4.05. The molecule has 8 nitrogen and oxygen atoms in total. The number of fused-ring (bicyclic) bond motifs is 5. The third-order valence-corrected chi connectivity index (χ3v) is 5.01. The first-order chi connectivity index (χ1) is 12.8. The number of anilines is 1. The molecule has 1 aromatic rings. The Morgan fingerprint density at radius 1 is 1.07 bits per heavy atom. The van der Waals surface area contributed by atoms with E-state index in [9.17, 15) is 19.2 Å². The summed E-state index contributed by atoms with van der Waals surface area (Å²) >= 11 is 0. The molecule has 0 unspecified atom stereocenters. The third-order valence-electron chi connectivity index (χ3n) is 5.01. The van der Waals surface area contributed by atoms with Crippen LogP contribution in [0.4, 0.5) is 5.69 Å². The minimum atomic E-state index is -1.52. The van der Waals surface area contributed by atoms with Crippen molar-refractivity contribution in [3.05, 3.63) is 42.5 Å². The molecule has 3 heterocycles. The number of amides is 2. The number of imide groups is 1. The summed E-state index contributed by atoms with van der Waals surface area (Å²) < 4.78 is 16.2. The molecule has 140 valence electrons. The number of para-hydroxylation sites is 1. The maximum atomic E-state index is 13.2. The van der Waals surface area contributed by atoms with Crippen molar-refractivity contribution in [2.75, 3.05) is 4.90 Å². The van der Waals surface area contributed by atoms with Gasteiger partial charge in [-0.3, -0.25) is 19.2 Å². The third kappa shape index (κ3) is 2.48. The van der Waals surface area contributed by atoms with Gasteiger partial charge in [-0.25, -0.2) is 4.90 Å². The molecule has 0 saturated carbocycles. The van der Waals surface area contributed by atoms with Crippen LogP contribution >= 0.6 is 0 Å². The van der Waals surface area contributed by atoms with E-state index in [-0.39, 0.29) is 0 Å². The minimum absolute atomic E-state index is 0.392. The van der Waals surface area contributed by atoms with Gasteiger partial charge in [0.15, 0.2) is 5.60 Å². The molecule has 0 aliphatic carbocycles. The second-order valence-electron chi connectivity index (χ2n) is 6.70. The van der Waals surface area contributed by atoms with Crippen molar-refractivity contribution in [3.63, 3.8) is 0 Å². The zero-order valence-corrected chi connectivity index (χ0v) is 14.7. The van der Waals surface area contributed by atoms with Gasteiger partial charge in [0.05, 0.1) is 23.6 Å². The molecule has 8 heteroatoms. The Morgan fingerprint density at radius 2 is 1.70 bits per heavy atom. The molecule has 0 N–H and O–H groups in total.